The fourth-order valence-corrected chi connectivity index (χ4v) is 3.69. The summed E-state index contributed by atoms with van der Waals surface area (Å²) in [7, 11) is 3.45. The minimum absolute atomic E-state index is 0.0411. The van der Waals surface area contributed by atoms with Gasteiger partial charge in [0.05, 0.1) is 5.56 Å². The second kappa shape index (κ2) is 8.66. The van der Waals surface area contributed by atoms with Gasteiger partial charge in [-0.25, -0.2) is 0 Å². The van der Waals surface area contributed by atoms with E-state index in [9.17, 15) is 9.59 Å². The van der Waals surface area contributed by atoms with Crippen molar-refractivity contribution in [1.82, 2.24) is 14.8 Å². The van der Waals surface area contributed by atoms with Gasteiger partial charge in [0.15, 0.2) is 0 Å². The Kier molecular flexibility index (Phi) is 6.23. The number of amides is 2. The smallest absolute Gasteiger partial charge is 0.253 e. The normalized spacial score (nSPS) is 10.7. The van der Waals surface area contributed by atoms with Crippen molar-refractivity contribution >= 4 is 27.7 Å². The van der Waals surface area contributed by atoms with E-state index < -0.39 is 0 Å². The molecule has 3 rings (SSSR count). The highest BCUT2D eigenvalue weighted by Crippen LogP contribution is 2.23. The van der Waals surface area contributed by atoms with Crippen LogP contribution in [0.2, 0.25) is 0 Å². The molecule has 2 amide bonds. The molecule has 3 aromatic rings. The van der Waals surface area contributed by atoms with E-state index in [1.807, 2.05) is 56.3 Å². The predicted molar refractivity (Wildman–Crippen MR) is 119 cm³/mol. The van der Waals surface area contributed by atoms with Crippen LogP contribution in [0.1, 0.15) is 37.7 Å². The summed E-state index contributed by atoms with van der Waals surface area (Å²) in [6.07, 6.45) is 0. The van der Waals surface area contributed by atoms with Gasteiger partial charge in [-0.05, 0) is 55.8 Å². The van der Waals surface area contributed by atoms with Gasteiger partial charge >= 0.3 is 0 Å². The number of rotatable bonds is 5. The van der Waals surface area contributed by atoms with Gasteiger partial charge in [0.2, 0.25) is 0 Å². The Labute approximate surface area is 179 Å². The fraction of sp³-hybridized carbons (Fsp3) is 0.217. The van der Waals surface area contributed by atoms with Gasteiger partial charge in [-0.2, -0.15) is 0 Å². The Morgan fingerprint density at radius 2 is 1.72 bits per heavy atom. The zero-order valence-corrected chi connectivity index (χ0v) is 18.6. The van der Waals surface area contributed by atoms with Crippen LogP contribution < -0.4 is 5.32 Å². The van der Waals surface area contributed by atoms with Crippen LogP contribution in [-0.4, -0.2) is 35.4 Å². The molecule has 0 aliphatic heterocycles. The Balaban J connectivity index is 1.73. The molecule has 150 valence electrons. The van der Waals surface area contributed by atoms with Crippen LogP contribution in [0, 0.1) is 13.8 Å². The first-order valence-electron chi connectivity index (χ1n) is 9.31. The highest BCUT2D eigenvalue weighted by atomic mass is 79.9. The first kappa shape index (κ1) is 20.9. The molecule has 0 unspecified atom stereocenters. The van der Waals surface area contributed by atoms with Gasteiger partial charge in [0, 0.05) is 47.8 Å². The third-order valence-electron chi connectivity index (χ3n) is 4.80. The molecule has 1 aromatic heterocycles. The van der Waals surface area contributed by atoms with E-state index >= 15 is 0 Å². The van der Waals surface area contributed by atoms with Crippen molar-refractivity contribution in [2.75, 3.05) is 14.1 Å². The van der Waals surface area contributed by atoms with Gasteiger partial charge < -0.3 is 14.8 Å². The number of nitrogens with zero attached hydrogens (tertiary/aromatic N) is 2. The van der Waals surface area contributed by atoms with Gasteiger partial charge in [-0.3, -0.25) is 9.59 Å². The van der Waals surface area contributed by atoms with Crippen molar-refractivity contribution in [3.8, 4) is 5.69 Å². The molecule has 1 N–H and O–H groups in total. The Bertz CT molecular complexity index is 1050. The molecule has 0 saturated heterocycles. The van der Waals surface area contributed by atoms with Crippen LogP contribution >= 0.6 is 15.9 Å². The maximum Gasteiger partial charge on any atom is 0.253 e. The molecule has 0 radical (unpaired) electrons. The summed E-state index contributed by atoms with van der Waals surface area (Å²) in [5.41, 5.74) is 5.12. The van der Waals surface area contributed by atoms with E-state index in [1.165, 1.54) is 4.90 Å². The zero-order chi connectivity index (χ0) is 21.1. The number of aryl methyl sites for hydroxylation is 1. The third-order valence-corrected chi connectivity index (χ3v) is 5.30. The number of nitrogens with one attached hydrogen (secondary N) is 1. The Morgan fingerprint density at radius 3 is 2.34 bits per heavy atom. The highest BCUT2D eigenvalue weighted by Gasteiger charge is 2.17. The van der Waals surface area contributed by atoms with Crippen LogP contribution in [0.5, 0.6) is 0 Å². The molecule has 0 aliphatic rings. The minimum atomic E-state index is -0.118. The Hall–Kier alpha value is -2.86. The van der Waals surface area contributed by atoms with Crippen molar-refractivity contribution in [2.24, 2.45) is 0 Å². The highest BCUT2D eigenvalue weighted by molar-refractivity contribution is 9.10. The standard InChI is InChI=1S/C23H24BrN3O2/c1-15-12-21(16(2)27(15)20-7-5-6-19(24)13-20)22(28)25-14-17-8-10-18(11-9-17)23(29)26(3)4/h5-13H,14H2,1-4H3,(H,25,28). The van der Waals surface area contributed by atoms with Crippen LogP contribution in [0.3, 0.4) is 0 Å². The van der Waals surface area contributed by atoms with E-state index in [-0.39, 0.29) is 11.8 Å². The fourth-order valence-electron chi connectivity index (χ4n) is 3.31. The number of benzene rings is 2. The largest absolute Gasteiger partial charge is 0.348 e. The number of carbonyl (C=O) groups excluding carboxylic acids is 2. The molecule has 1 heterocycles. The van der Waals surface area contributed by atoms with E-state index in [1.54, 1.807) is 26.2 Å². The lowest BCUT2D eigenvalue weighted by Crippen LogP contribution is -2.24. The molecule has 5 nitrogen and oxygen atoms in total. The maximum absolute atomic E-state index is 12.8. The average Bonchev–Trinajstić information content (AvgIpc) is 3.00. The summed E-state index contributed by atoms with van der Waals surface area (Å²) in [6, 6.07) is 17.2. The lowest BCUT2D eigenvalue weighted by atomic mass is 10.1. The summed E-state index contributed by atoms with van der Waals surface area (Å²) in [6.45, 7) is 4.34. The van der Waals surface area contributed by atoms with E-state index in [2.05, 4.69) is 25.8 Å². The van der Waals surface area contributed by atoms with Crippen molar-refractivity contribution in [2.45, 2.75) is 20.4 Å². The van der Waals surface area contributed by atoms with Gasteiger partial charge in [0.25, 0.3) is 11.8 Å². The van der Waals surface area contributed by atoms with Crippen LogP contribution in [0.25, 0.3) is 5.69 Å². The summed E-state index contributed by atoms with van der Waals surface area (Å²) in [4.78, 5) is 26.3. The molecule has 0 saturated carbocycles. The first-order chi connectivity index (χ1) is 13.8. The number of aromatic nitrogens is 1. The molecule has 0 atom stereocenters. The summed E-state index contributed by atoms with van der Waals surface area (Å²) in [5, 5.41) is 2.97. The molecule has 0 fully saturated rings. The maximum atomic E-state index is 12.8. The number of hydrogen-bond acceptors (Lipinski definition) is 2. The monoisotopic (exact) mass is 453 g/mol. The average molecular weight is 454 g/mol. The molecule has 0 aliphatic carbocycles. The van der Waals surface area contributed by atoms with Gasteiger partial charge in [-0.1, -0.05) is 34.1 Å². The van der Waals surface area contributed by atoms with Crippen molar-refractivity contribution in [1.29, 1.82) is 0 Å². The van der Waals surface area contributed by atoms with Gasteiger partial charge in [-0.15, -0.1) is 0 Å². The molecule has 29 heavy (non-hydrogen) atoms. The number of carbonyl (C=O) groups is 2. The second-order valence-electron chi connectivity index (χ2n) is 7.18. The molecular weight excluding hydrogens is 430 g/mol. The predicted octanol–water partition coefficient (Wildman–Crippen LogP) is 4.49. The lowest BCUT2D eigenvalue weighted by molar-refractivity contribution is 0.0827. The Morgan fingerprint density at radius 1 is 1.03 bits per heavy atom. The quantitative estimate of drug-likeness (QED) is 0.618. The third kappa shape index (κ3) is 4.59. The minimum Gasteiger partial charge on any atom is -0.348 e. The number of halogens is 1. The SMILES string of the molecule is Cc1cc(C(=O)NCc2ccc(C(=O)N(C)C)cc2)c(C)n1-c1cccc(Br)c1. The van der Waals surface area contributed by atoms with E-state index in [0.717, 1.165) is 27.1 Å². The van der Waals surface area contributed by atoms with Crippen molar-refractivity contribution in [3.05, 3.63) is 87.1 Å². The van der Waals surface area contributed by atoms with Crippen LogP contribution in [0.4, 0.5) is 0 Å². The molecule has 0 bridgehead atoms. The topological polar surface area (TPSA) is 54.3 Å². The van der Waals surface area contributed by atoms with Crippen molar-refractivity contribution < 1.29 is 9.59 Å². The second-order valence-corrected chi connectivity index (χ2v) is 8.09. The van der Waals surface area contributed by atoms with Crippen LogP contribution in [-0.2, 0) is 6.54 Å². The van der Waals surface area contributed by atoms with E-state index in [4.69, 9.17) is 0 Å². The molecule has 6 heteroatoms. The summed E-state index contributed by atoms with van der Waals surface area (Å²) < 4.78 is 3.06. The molecule has 0 spiro atoms. The first-order valence-corrected chi connectivity index (χ1v) is 10.1. The van der Waals surface area contributed by atoms with Gasteiger partial charge in [0.1, 0.15) is 0 Å². The van der Waals surface area contributed by atoms with E-state index in [0.29, 0.717) is 17.7 Å². The molecular formula is C23H24BrN3O2. The number of hydrogen-bond donors (Lipinski definition) is 1. The summed E-state index contributed by atoms with van der Waals surface area (Å²) in [5.74, 6) is -0.159. The van der Waals surface area contributed by atoms with Crippen molar-refractivity contribution in [3.63, 3.8) is 0 Å². The zero-order valence-electron chi connectivity index (χ0n) is 17.0. The summed E-state index contributed by atoms with van der Waals surface area (Å²) >= 11 is 3.50. The molecule has 2 aromatic carbocycles. The van der Waals surface area contributed by atoms with Crippen LogP contribution in [0.15, 0.2) is 59.1 Å². The lowest BCUT2D eigenvalue weighted by Gasteiger charge is -2.11.